The van der Waals surface area contributed by atoms with Crippen LogP contribution in [0, 0.1) is 0 Å². The van der Waals surface area contributed by atoms with E-state index >= 15 is 0 Å². The zero-order chi connectivity index (χ0) is 31.4. The third-order valence-corrected chi connectivity index (χ3v) is 8.26. The van der Waals surface area contributed by atoms with E-state index in [-0.39, 0.29) is 23.9 Å². The molecule has 0 bridgehead atoms. The van der Waals surface area contributed by atoms with Crippen molar-refractivity contribution in [2.24, 2.45) is 0 Å². The minimum atomic E-state index is -0.407. The summed E-state index contributed by atoms with van der Waals surface area (Å²) < 4.78 is 12.1. The number of aromatic nitrogens is 3. The van der Waals surface area contributed by atoms with Crippen molar-refractivity contribution in [3.05, 3.63) is 76.9 Å². The molecule has 2 aromatic carbocycles. The molecular weight excluding hydrogens is 580 g/mol. The minimum absolute atomic E-state index is 0.0142. The number of ether oxygens (including phenoxy) is 2. The molecule has 0 spiro atoms. The van der Waals surface area contributed by atoms with Crippen molar-refractivity contribution in [1.29, 1.82) is 0 Å². The third-order valence-electron chi connectivity index (χ3n) is 7.45. The highest BCUT2D eigenvalue weighted by Gasteiger charge is 2.33. The second-order valence-electron chi connectivity index (χ2n) is 10.8. The number of carbonyl (C=O) groups excluding carboxylic acids is 3. The van der Waals surface area contributed by atoms with Crippen LogP contribution in [0.4, 0.5) is 10.5 Å². The highest BCUT2D eigenvalue weighted by Crippen LogP contribution is 2.30. The lowest BCUT2D eigenvalue weighted by Gasteiger charge is -2.39. The van der Waals surface area contributed by atoms with Gasteiger partial charge < -0.3 is 24.6 Å². The van der Waals surface area contributed by atoms with Crippen LogP contribution in [0.5, 0.6) is 5.75 Å². The second-order valence-corrected chi connectivity index (χ2v) is 11.6. The molecule has 4 aromatic rings. The number of anilines is 1. The molecule has 1 saturated heterocycles. The molecule has 230 valence electrons. The van der Waals surface area contributed by atoms with Crippen molar-refractivity contribution < 1.29 is 23.9 Å². The average Bonchev–Trinajstić information content (AvgIpc) is 3.69. The van der Waals surface area contributed by atoms with Crippen LogP contribution in [0.1, 0.15) is 60.0 Å². The average molecular weight is 617 g/mol. The topological polar surface area (TPSA) is 119 Å². The van der Waals surface area contributed by atoms with Gasteiger partial charge in [0.2, 0.25) is 5.13 Å². The largest absolute Gasteiger partial charge is 0.497 e. The first-order valence-corrected chi connectivity index (χ1v) is 15.4. The summed E-state index contributed by atoms with van der Waals surface area (Å²) in [5.74, 6) is 0.241. The van der Waals surface area contributed by atoms with Crippen molar-refractivity contribution in [3.63, 3.8) is 0 Å². The molecule has 1 unspecified atom stereocenters. The van der Waals surface area contributed by atoms with Gasteiger partial charge in [-0.3, -0.25) is 4.79 Å². The van der Waals surface area contributed by atoms with E-state index in [1.165, 1.54) is 11.3 Å². The number of nitrogens with one attached hydrogen (secondary N) is 1. The van der Waals surface area contributed by atoms with Crippen molar-refractivity contribution in [2.75, 3.05) is 38.7 Å². The van der Waals surface area contributed by atoms with Crippen molar-refractivity contribution in [1.82, 2.24) is 24.6 Å². The Morgan fingerprint density at radius 2 is 1.89 bits per heavy atom. The second kappa shape index (κ2) is 13.3. The van der Waals surface area contributed by atoms with Crippen LogP contribution in [0.2, 0.25) is 0 Å². The number of thiazole rings is 1. The number of hydrogen-bond donors (Lipinski definition) is 1. The molecule has 0 aliphatic carbocycles. The van der Waals surface area contributed by atoms with Gasteiger partial charge in [0.05, 0.1) is 42.4 Å². The summed E-state index contributed by atoms with van der Waals surface area (Å²) in [6.45, 7) is 9.18. The van der Waals surface area contributed by atoms with Crippen LogP contribution in [-0.2, 0) is 4.74 Å². The Hall–Kier alpha value is -4.71. The number of rotatable bonds is 8. The van der Waals surface area contributed by atoms with E-state index in [0.29, 0.717) is 48.2 Å². The van der Waals surface area contributed by atoms with Crippen molar-refractivity contribution in [2.45, 2.75) is 39.7 Å². The number of piperazine rings is 1. The smallest absolute Gasteiger partial charge is 0.338 e. The lowest BCUT2D eigenvalue weighted by molar-refractivity contribution is 0.0525. The Labute approximate surface area is 260 Å². The van der Waals surface area contributed by atoms with E-state index in [1.807, 2.05) is 50.4 Å². The Morgan fingerprint density at radius 3 is 2.57 bits per heavy atom. The van der Waals surface area contributed by atoms with Crippen LogP contribution in [0.25, 0.3) is 16.4 Å². The number of amides is 3. The van der Waals surface area contributed by atoms with Gasteiger partial charge in [-0.25, -0.2) is 19.3 Å². The molecule has 1 atom stereocenters. The van der Waals surface area contributed by atoms with Crippen molar-refractivity contribution >= 4 is 34.9 Å². The molecule has 44 heavy (non-hydrogen) atoms. The number of hydrogen-bond acceptors (Lipinski definition) is 8. The van der Waals surface area contributed by atoms with E-state index in [1.54, 1.807) is 59.0 Å². The zero-order valence-corrected chi connectivity index (χ0v) is 26.3. The van der Waals surface area contributed by atoms with Gasteiger partial charge in [0, 0.05) is 42.3 Å². The molecule has 3 amide bonds. The van der Waals surface area contributed by atoms with Crippen LogP contribution < -0.4 is 10.1 Å². The number of benzene rings is 2. The summed E-state index contributed by atoms with van der Waals surface area (Å²) in [5.41, 5.74) is 4.05. The van der Waals surface area contributed by atoms with Crippen LogP contribution in [0.15, 0.2) is 60.1 Å². The van der Waals surface area contributed by atoms with E-state index in [4.69, 9.17) is 14.5 Å². The first kappa shape index (κ1) is 30.7. The van der Waals surface area contributed by atoms with E-state index < -0.39 is 5.97 Å². The lowest BCUT2D eigenvalue weighted by Crippen LogP contribution is -2.56. The van der Waals surface area contributed by atoms with Gasteiger partial charge in [-0.05, 0) is 56.2 Å². The Kier molecular flexibility index (Phi) is 9.29. The maximum absolute atomic E-state index is 13.8. The van der Waals surface area contributed by atoms with Crippen LogP contribution in [0.3, 0.4) is 0 Å². The lowest BCUT2D eigenvalue weighted by atomic mass is 10.0. The molecular formula is C32H36N6O5S. The third kappa shape index (κ3) is 6.45. The molecule has 3 heterocycles. The minimum Gasteiger partial charge on any atom is -0.497 e. The molecule has 0 radical (unpaired) electrons. The molecule has 12 heteroatoms. The molecule has 2 aromatic heterocycles. The Balaban J connectivity index is 1.26. The van der Waals surface area contributed by atoms with Gasteiger partial charge in [-0.1, -0.05) is 26.0 Å². The summed E-state index contributed by atoms with van der Waals surface area (Å²) in [4.78, 5) is 47.1. The summed E-state index contributed by atoms with van der Waals surface area (Å²) in [6.07, 6.45) is 1.62. The number of urea groups is 1. The molecule has 1 aliphatic heterocycles. The number of nitrogens with zero attached hydrogens (tertiary/aromatic N) is 5. The van der Waals surface area contributed by atoms with Crippen LogP contribution in [-0.4, -0.2) is 81.9 Å². The predicted molar refractivity (Wildman–Crippen MR) is 169 cm³/mol. The first-order chi connectivity index (χ1) is 21.2. The molecule has 1 fully saturated rings. The van der Waals surface area contributed by atoms with E-state index in [9.17, 15) is 14.4 Å². The fourth-order valence-corrected chi connectivity index (χ4v) is 6.02. The number of methoxy groups -OCH3 is 1. The maximum atomic E-state index is 13.8. The van der Waals surface area contributed by atoms with Gasteiger partial charge >= 0.3 is 12.0 Å². The summed E-state index contributed by atoms with van der Waals surface area (Å²) in [5, 5.41) is 10.1. The maximum Gasteiger partial charge on any atom is 0.338 e. The fourth-order valence-electron chi connectivity index (χ4n) is 5.22. The Bertz CT molecular complexity index is 1650. The summed E-state index contributed by atoms with van der Waals surface area (Å²) >= 11 is 1.46. The molecule has 1 N–H and O–H groups in total. The first-order valence-electron chi connectivity index (χ1n) is 14.5. The number of carbonyl (C=O) groups is 3. The van der Waals surface area contributed by atoms with E-state index in [0.717, 1.165) is 22.7 Å². The van der Waals surface area contributed by atoms with Gasteiger partial charge in [0.1, 0.15) is 5.75 Å². The van der Waals surface area contributed by atoms with Crippen LogP contribution >= 0.6 is 11.3 Å². The fraction of sp³-hybridized carbons (Fsp3) is 0.344. The van der Waals surface area contributed by atoms with Gasteiger partial charge in [0.25, 0.3) is 5.91 Å². The van der Waals surface area contributed by atoms with Gasteiger partial charge in [0.15, 0.2) is 0 Å². The molecule has 1 aliphatic rings. The molecule has 5 rings (SSSR count). The monoisotopic (exact) mass is 616 g/mol. The number of esters is 1. The predicted octanol–water partition coefficient (Wildman–Crippen LogP) is 5.68. The van der Waals surface area contributed by atoms with E-state index in [2.05, 4.69) is 10.4 Å². The summed E-state index contributed by atoms with van der Waals surface area (Å²) in [6, 6.07) is 13.8. The van der Waals surface area contributed by atoms with Gasteiger partial charge in [-0.2, -0.15) is 5.10 Å². The van der Waals surface area contributed by atoms with Gasteiger partial charge in [-0.15, -0.1) is 11.3 Å². The SMILES string of the molecule is CCOC(=O)c1ccc(NC(=O)N2CCN(C(=O)c3cnn(-c4nc(-c5cccc(OC)c5)cs4)c3C(C)C)CC2C)cc1. The summed E-state index contributed by atoms with van der Waals surface area (Å²) in [7, 11) is 1.63. The standard InChI is InChI=1S/C32H36N6O5S/c1-6-43-30(40)22-10-12-24(13-11-22)34-31(41)37-15-14-36(18-21(37)4)29(39)26-17-33-38(28(26)20(2)3)32-35-27(19-44-32)23-8-7-9-25(16-23)42-5/h7-13,16-17,19-21H,6,14-15,18H2,1-5H3,(H,34,41). The highest BCUT2D eigenvalue weighted by molar-refractivity contribution is 7.12. The molecule has 11 nitrogen and oxygen atoms in total. The Morgan fingerprint density at radius 1 is 1.11 bits per heavy atom. The quantitative estimate of drug-likeness (QED) is 0.253. The normalized spacial score (nSPS) is 14.9. The highest BCUT2D eigenvalue weighted by atomic mass is 32.1. The zero-order valence-electron chi connectivity index (χ0n) is 25.4. The molecule has 0 saturated carbocycles. The van der Waals surface area contributed by atoms with Crippen molar-refractivity contribution in [3.8, 4) is 22.1 Å².